The third kappa shape index (κ3) is 23.1. The summed E-state index contributed by atoms with van der Waals surface area (Å²) in [7, 11) is 0. The van der Waals surface area contributed by atoms with Crippen molar-refractivity contribution in [2.45, 2.75) is 141 Å². The van der Waals surface area contributed by atoms with Crippen LogP contribution in [-0.4, -0.2) is 171 Å². The first-order valence-electron chi connectivity index (χ1n) is 25.3. The molecule has 17 N–H and O–H groups in total. The van der Waals surface area contributed by atoms with Crippen LogP contribution in [0.5, 0.6) is 5.75 Å². The third-order valence-electron chi connectivity index (χ3n) is 12.3. The summed E-state index contributed by atoms with van der Waals surface area (Å²) < 4.78 is 0. The molecular formula is C51H77N11O15S. The highest BCUT2D eigenvalue weighted by molar-refractivity contribution is 7.98. The van der Waals surface area contributed by atoms with Gasteiger partial charge in [0.1, 0.15) is 54.1 Å². The lowest BCUT2D eigenvalue weighted by molar-refractivity contribution is -0.142. The van der Waals surface area contributed by atoms with Crippen molar-refractivity contribution in [3.8, 4) is 5.75 Å². The summed E-state index contributed by atoms with van der Waals surface area (Å²) in [5, 5.41) is 61.7. The number of rotatable bonds is 34. The minimum atomic E-state index is -1.73. The SMILES string of the molecule is CC[C@H](C)[C@H](NC(=O)[C@@H](N)Cc1ccc(O)cc1)C(=O)N[C@@H](C)C(=O)N[C@@H](CO)C(=O)NCC(=O)N[C@@H](CCC(N)=O)C(=O)N[C@H](C(=O)N[C@H](C(=O)N[C@@H](Cc1ccccc1)C(=O)N[C@@H](CCSC)C(=O)O)[C@@H](C)O)C(C)C. The molecule has 0 heterocycles. The predicted octanol–water partition coefficient (Wildman–Crippen LogP) is -3.30. The lowest BCUT2D eigenvalue weighted by Crippen LogP contribution is -2.62. The fourth-order valence-electron chi connectivity index (χ4n) is 7.41. The number of hydrogen-bond acceptors (Lipinski definition) is 16. The number of carbonyl (C=O) groups excluding carboxylic acids is 10. The number of carboxylic acids is 1. The maximum absolute atomic E-state index is 13.8. The van der Waals surface area contributed by atoms with E-state index in [-0.39, 0.29) is 25.0 Å². The van der Waals surface area contributed by atoms with Gasteiger partial charge in [-0.3, -0.25) is 47.9 Å². The first-order chi connectivity index (χ1) is 36.7. The largest absolute Gasteiger partial charge is 0.508 e. The number of nitrogens with one attached hydrogen (secondary N) is 9. The van der Waals surface area contributed by atoms with Crippen molar-refractivity contribution in [1.29, 1.82) is 0 Å². The Balaban J connectivity index is 2.14. The van der Waals surface area contributed by atoms with Gasteiger partial charge in [-0.05, 0) is 80.2 Å². The number of phenolic OH excluding ortho intramolecular Hbond substituents is 1. The molecule has 0 fully saturated rings. The molecule has 0 saturated heterocycles. The van der Waals surface area contributed by atoms with Crippen LogP contribution >= 0.6 is 11.8 Å². The number of benzene rings is 2. The second kappa shape index (κ2) is 33.7. The number of amides is 10. The van der Waals surface area contributed by atoms with E-state index in [9.17, 15) is 73.2 Å². The van der Waals surface area contributed by atoms with Crippen LogP contribution in [0.2, 0.25) is 0 Å². The monoisotopic (exact) mass is 1120 g/mol. The number of aliphatic hydroxyl groups is 2. The number of carboxylic acid groups (broad SMARTS) is 1. The second-order valence-corrected chi connectivity index (χ2v) is 20.0. The molecule has 0 aliphatic heterocycles. The number of hydrogen-bond donors (Lipinski definition) is 15. The van der Waals surface area contributed by atoms with Gasteiger partial charge in [-0.25, -0.2) is 4.79 Å². The average molecular weight is 1120 g/mol. The van der Waals surface area contributed by atoms with Gasteiger partial charge in [0.2, 0.25) is 59.1 Å². The molecule has 0 unspecified atom stereocenters. The van der Waals surface area contributed by atoms with Gasteiger partial charge in [-0.1, -0.05) is 76.6 Å². The van der Waals surface area contributed by atoms with Crippen LogP contribution in [0, 0.1) is 11.8 Å². The van der Waals surface area contributed by atoms with Crippen molar-refractivity contribution >= 4 is 76.8 Å². The highest BCUT2D eigenvalue weighted by Crippen LogP contribution is 2.14. The predicted molar refractivity (Wildman–Crippen MR) is 286 cm³/mol. The second-order valence-electron chi connectivity index (χ2n) is 19.1. The van der Waals surface area contributed by atoms with Gasteiger partial charge in [-0.15, -0.1) is 0 Å². The van der Waals surface area contributed by atoms with E-state index in [1.54, 1.807) is 62.6 Å². The molecule has 2 aromatic rings. The normalized spacial score (nSPS) is 15.3. The third-order valence-corrected chi connectivity index (χ3v) is 12.9. The highest BCUT2D eigenvalue weighted by atomic mass is 32.2. The van der Waals surface area contributed by atoms with Crippen LogP contribution in [-0.2, 0) is 65.6 Å². The van der Waals surface area contributed by atoms with Crippen molar-refractivity contribution in [1.82, 2.24) is 47.9 Å². The quantitative estimate of drug-likeness (QED) is 0.0326. The minimum Gasteiger partial charge on any atom is -0.508 e. The first-order valence-corrected chi connectivity index (χ1v) is 26.7. The number of nitrogens with two attached hydrogens (primary N) is 2. The van der Waals surface area contributed by atoms with Crippen molar-refractivity contribution < 1.29 is 73.2 Å². The Morgan fingerprint density at radius 3 is 1.68 bits per heavy atom. The number of aromatic hydroxyl groups is 1. The lowest BCUT2D eigenvalue weighted by Gasteiger charge is -2.29. The van der Waals surface area contributed by atoms with Crippen LogP contribution in [0.25, 0.3) is 0 Å². The van der Waals surface area contributed by atoms with E-state index in [0.717, 1.165) is 0 Å². The number of aliphatic hydroxyl groups excluding tert-OH is 2. The average Bonchev–Trinajstić information content (AvgIpc) is 3.39. The van der Waals surface area contributed by atoms with Gasteiger partial charge in [0.15, 0.2) is 0 Å². The molecule has 26 nitrogen and oxygen atoms in total. The number of phenols is 1. The van der Waals surface area contributed by atoms with Gasteiger partial charge < -0.3 is 79.7 Å². The maximum Gasteiger partial charge on any atom is 0.326 e. The topological polar surface area (TPSA) is 429 Å². The Morgan fingerprint density at radius 2 is 1.13 bits per heavy atom. The molecule has 0 aliphatic carbocycles. The number of primary amides is 1. The van der Waals surface area contributed by atoms with E-state index in [4.69, 9.17) is 11.5 Å². The molecule has 2 aromatic carbocycles. The molecule has 78 heavy (non-hydrogen) atoms. The molecule has 432 valence electrons. The standard InChI is InChI=1S/C51H77N11O15S/c1-8-27(4)41(61-44(69)33(52)22-31-14-16-32(65)17-15-31)49(74)55-28(5)43(68)59-37(25-63)45(70)54-24-39(67)56-34(18-19-38(53)66)46(71)60-40(26(2)3)48(73)62-42(29(6)64)50(75)58-36(23-30-12-10-9-11-13-30)47(72)57-35(51(76)77)20-21-78-7/h9-17,26-29,33-37,40-42,63-65H,8,18-25,52H2,1-7H3,(H2,53,66)(H,54,70)(H,55,74)(H,56,67)(H,57,72)(H,58,75)(H,59,68)(H,60,71)(H,61,69)(H,62,73)(H,76,77)/t27-,28-,29+,33-,34-,35-,36-,37-,40-,41-,42-/m0/s1. The molecular weight excluding hydrogens is 1040 g/mol. The van der Waals surface area contributed by atoms with E-state index >= 15 is 0 Å². The lowest BCUT2D eigenvalue weighted by atomic mass is 9.97. The highest BCUT2D eigenvalue weighted by Gasteiger charge is 2.36. The van der Waals surface area contributed by atoms with Gasteiger partial charge in [0.05, 0.1) is 25.3 Å². The number of thioether (sulfide) groups is 1. The zero-order chi connectivity index (χ0) is 58.8. The van der Waals surface area contributed by atoms with E-state index in [0.29, 0.717) is 23.3 Å². The summed E-state index contributed by atoms with van der Waals surface area (Å²) >= 11 is 1.37. The molecule has 0 aromatic heterocycles. The molecule has 11 atom stereocenters. The fourth-order valence-corrected chi connectivity index (χ4v) is 7.89. The summed E-state index contributed by atoms with van der Waals surface area (Å²) in [4.78, 5) is 145. The van der Waals surface area contributed by atoms with Gasteiger partial charge >= 0.3 is 5.97 Å². The molecule has 0 spiro atoms. The van der Waals surface area contributed by atoms with Crippen LogP contribution in [0.1, 0.15) is 78.4 Å². The van der Waals surface area contributed by atoms with Crippen molar-refractivity contribution in [2.75, 3.05) is 25.2 Å². The van der Waals surface area contributed by atoms with Gasteiger partial charge in [0, 0.05) is 12.8 Å². The molecule has 0 aliphatic rings. The molecule has 0 saturated carbocycles. The Labute approximate surface area is 456 Å². The maximum atomic E-state index is 13.8. The molecule has 27 heteroatoms. The molecule has 0 bridgehead atoms. The van der Waals surface area contributed by atoms with Crippen LogP contribution in [0.15, 0.2) is 54.6 Å². The summed E-state index contributed by atoms with van der Waals surface area (Å²) in [6.07, 6.45) is -0.156. The molecule has 2 rings (SSSR count). The Morgan fingerprint density at radius 1 is 0.590 bits per heavy atom. The molecule has 0 radical (unpaired) electrons. The van der Waals surface area contributed by atoms with Gasteiger partial charge in [-0.2, -0.15) is 11.8 Å². The molecule has 10 amide bonds. The van der Waals surface area contributed by atoms with Crippen molar-refractivity contribution in [2.24, 2.45) is 23.3 Å². The van der Waals surface area contributed by atoms with Crippen LogP contribution in [0.3, 0.4) is 0 Å². The Kier molecular flexibility index (Phi) is 28.9. The zero-order valence-electron chi connectivity index (χ0n) is 44.8. The number of carbonyl (C=O) groups is 11. The van der Waals surface area contributed by atoms with Crippen LogP contribution in [0.4, 0.5) is 0 Å². The first kappa shape index (κ1) is 66.8. The van der Waals surface area contributed by atoms with Crippen molar-refractivity contribution in [3.63, 3.8) is 0 Å². The van der Waals surface area contributed by atoms with E-state index in [2.05, 4.69) is 47.9 Å². The van der Waals surface area contributed by atoms with Crippen LogP contribution < -0.4 is 59.3 Å². The smallest absolute Gasteiger partial charge is 0.326 e. The van der Waals surface area contributed by atoms with E-state index < -0.39 is 163 Å². The number of aliphatic carboxylic acids is 1. The van der Waals surface area contributed by atoms with Crippen molar-refractivity contribution in [3.05, 3.63) is 65.7 Å². The summed E-state index contributed by atoms with van der Waals surface area (Å²) in [6.45, 7) is 7.18. The van der Waals surface area contributed by atoms with E-state index in [1.807, 2.05) is 0 Å². The van der Waals surface area contributed by atoms with Gasteiger partial charge in [0.25, 0.3) is 0 Å². The fraction of sp³-hybridized carbons (Fsp3) is 0.549. The summed E-state index contributed by atoms with van der Waals surface area (Å²) in [5.41, 5.74) is 12.7. The zero-order valence-corrected chi connectivity index (χ0v) is 45.6. The van der Waals surface area contributed by atoms with E-state index in [1.165, 1.54) is 51.6 Å². The summed E-state index contributed by atoms with van der Waals surface area (Å²) in [6, 6.07) is 1.91. The summed E-state index contributed by atoms with van der Waals surface area (Å²) in [5.74, 6) is -11.2. The Hall–Kier alpha value is -7.36. The Bertz CT molecular complexity index is 2360. The minimum absolute atomic E-state index is 0.0290.